The highest BCUT2D eigenvalue weighted by atomic mass is 14.7. The summed E-state index contributed by atoms with van der Waals surface area (Å²) in [5.41, 5.74) is 6.29. The van der Waals surface area contributed by atoms with E-state index < -0.39 is 0 Å². The molecule has 3 rings (SSSR count). The van der Waals surface area contributed by atoms with Crippen molar-refractivity contribution in [2.24, 2.45) is 0 Å². The summed E-state index contributed by atoms with van der Waals surface area (Å²) in [6.07, 6.45) is 11.6. The minimum Gasteiger partial charge on any atom is -0.352 e. The van der Waals surface area contributed by atoms with E-state index in [1.165, 1.54) is 11.1 Å². The molecular formula is C24H25N. The molecule has 0 saturated carbocycles. The van der Waals surface area contributed by atoms with Crippen LogP contribution in [-0.2, 0) is 10.8 Å². The second kappa shape index (κ2) is 5.44. The number of hydrogen-bond donors (Lipinski definition) is 1. The van der Waals surface area contributed by atoms with Crippen LogP contribution < -0.4 is 0 Å². The van der Waals surface area contributed by atoms with Gasteiger partial charge in [-0.05, 0) is 46.2 Å². The predicted octanol–water partition coefficient (Wildman–Crippen LogP) is 5.88. The Labute approximate surface area is 150 Å². The Bertz CT molecular complexity index is 978. The normalized spacial score (nSPS) is 12.3. The molecule has 1 aromatic heterocycles. The molecule has 0 aliphatic rings. The molecule has 0 aliphatic carbocycles. The van der Waals surface area contributed by atoms with E-state index in [2.05, 4.69) is 82.6 Å². The number of fused-ring (bicyclic) bond motifs is 3. The van der Waals surface area contributed by atoms with Crippen molar-refractivity contribution < 1.29 is 0 Å². The summed E-state index contributed by atoms with van der Waals surface area (Å²) >= 11 is 0. The maximum Gasteiger partial charge on any atom is 0.0624 e. The van der Waals surface area contributed by atoms with Crippen LogP contribution in [0.4, 0.5) is 0 Å². The van der Waals surface area contributed by atoms with Gasteiger partial charge in [-0.3, -0.25) is 0 Å². The van der Waals surface area contributed by atoms with Crippen molar-refractivity contribution in [1.29, 1.82) is 0 Å². The average Bonchev–Trinajstić information content (AvgIpc) is 2.90. The van der Waals surface area contributed by atoms with Gasteiger partial charge in [0.25, 0.3) is 0 Å². The Balaban J connectivity index is 2.52. The SMILES string of the molecule is C#Cc1cc(C(C)(C)C)cc2c1[nH]c1c(C#C)cc(C(C)(C)C)cc12. The summed E-state index contributed by atoms with van der Waals surface area (Å²) in [7, 11) is 0. The number of H-pyrrole nitrogens is 1. The maximum atomic E-state index is 5.81. The first-order valence-electron chi connectivity index (χ1n) is 8.64. The van der Waals surface area contributed by atoms with Crippen molar-refractivity contribution in [3.63, 3.8) is 0 Å². The van der Waals surface area contributed by atoms with Gasteiger partial charge in [-0.1, -0.05) is 53.4 Å². The third-order valence-corrected chi connectivity index (χ3v) is 4.86. The smallest absolute Gasteiger partial charge is 0.0624 e. The lowest BCUT2D eigenvalue weighted by atomic mass is 9.83. The molecule has 3 aromatic rings. The summed E-state index contributed by atoms with van der Waals surface area (Å²) in [6, 6.07) is 8.72. The van der Waals surface area contributed by atoms with Crippen molar-refractivity contribution >= 4 is 21.8 Å². The zero-order chi connectivity index (χ0) is 18.6. The van der Waals surface area contributed by atoms with Gasteiger partial charge in [0, 0.05) is 21.9 Å². The fourth-order valence-electron chi connectivity index (χ4n) is 3.20. The predicted molar refractivity (Wildman–Crippen MR) is 109 cm³/mol. The average molecular weight is 327 g/mol. The topological polar surface area (TPSA) is 15.8 Å². The molecule has 25 heavy (non-hydrogen) atoms. The molecule has 0 aliphatic heterocycles. The van der Waals surface area contributed by atoms with E-state index in [0.717, 1.165) is 32.9 Å². The van der Waals surface area contributed by atoms with Crippen LogP contribution in [0.15, 0.2) is 24.3 Å². The molecule has 1 heterocycles. The molecule has 0 fully saturated rings. The van der Waals surface area contributed by atoms with Crippen LogP contribution in [0.3, 0.4) is 0 Å². The molecular weight excluding hydrogens is 302 g/mol. The van der Waals surface area contributed by atoms with Gasteiger partial charge in [-0.2, -0.15) is 0 Å². The Kier molecular flexibility index (Phi) is 3.74. The highest BCUT2D eigenvalue weighted by Crippen LogP contribution is 2.36. The maximum absolute atomic E-state index is 5.81. The largest absolute Gasteiger partial charge is 0.352 e. The van der Waals surface area contributed by atoms with Gasteiger partial charge in [-0.15, -0.1) is 12.8 Å². The van der Waals surface area contributed by atoms with Gasteiger partial charge >= 0.3 is 0 Å². The van der Waals surface area contributed by atoms with Crippen molar-refractivity contribution in [3.8, 4) is 24.7 Å². The van der Waals surface area contributed by atoms with Crippen LogP contribution in [0.2, 0.25) is 0 Å². The monoisotopic (exact) mass is 327 g/mol. The fourth-order valence-corrected chi connectivity index (χ4v) is 3.20. The first-order valence-corrected chi connectivity index (χ1v) is 8.64. The standard InChI is InChI=1S/C24H25N/c1-9-15-11-17(23(3,4)5)13-19-20-14-18(24(6,7)8)12-16(10-2)22(20)25-21(15)19/h1-2,11-14,25H,3-8H3. The lowest BCUT2D eigenvalue weighted by molar-refractivity contribution is 0.590. The number of benzene rings is 2. The quantitative estimate of drug-likeness (QED) is 0.496. The number of aromatic nitrogens is 1. The first kappa shape index (κ1) is 17.2. The molecule has 0 saturated heterocycles. The molecule has 0 amide bonds. The van der Waals surface area contributed by atoms with Crippen molar-refractivity contribution in [2.75, 3.05) is 0 Å². The van der Waals surface area contributed by atoms with Gasteiger partial charge < -0.3 is 4.98 Å². The summed E-state index contributed by atoms with van der Waals surface area (Å²) in [5, 5.41) is 2.30. The summed E-state index contributed by atoms with van der Waals surface area (Å²) in [6.45, 7) is 13.2. The van der Waals surface area contributed by atoms with Gasteiger partial charge in [0.05, 0.1) is 11.0 Å². The number of terminal acetylenes is 2. The van der Waals surface area contributed by atoms with E-state index >= 15 is 0 Å². The van der Waals surface area contributed by atoms with Crippen LogP contribution in [0.5, 0.6) is 0 Å². The number of aromatic amines is 1. The van der Waals surface area contributed by atoms with Crippen molar-refractivity contribution in [3.05, 3.63) is 46.5 Å². The minimum absolute atomic E-state index is 0.0277. The lowest BCUT2D eigenvalue weighted by Crippen LogP contribution is -2.11. The van der Waals surface area contributed by atoms with Crippen LogP contribution in [0.25, 0.3) is 21.8 Å². The van der Waals surface area contributed by atoms with Crippen LogP contribution in [0, 0.1) is 24.7 Å². The zero-order valence-electron chi connectivity index (χ0n) is 16.0. The zero-order valence-corrected chi connectivity index (χ0v) is 16.0. The van der Waals surface area contributed by atoms with Gasteiger partial charge in [0.1, 0.15) is 0 Å². The van der Waals surface area contributed by atoms with E-state index in [1.807, 2.05) is 0 Å². The summed E-state index contributed by atoms with van der Waals surface area (Å²) in [4.78, 5) is 3.49. The highest BCUT2D eigenvalue weighted by molar-refractivity contribution is 6.11. The van der Waals surface area contributed by atoms with Crippen LogP contribution in [-0.4, -0.2) is 4.98 Å². The number of nitrogens with one attached hydrogen (secondary N) is 1. The summed E-state index contributed by atoms with van der Waals surface area (Å²) in [5.74, 6) is 5.69. The second-order valence-corrected chi connectivity index (χ2v) is 8.81. The Morgan fingerprint density at radius 3 is 1.32 bits per heavy atom. The molecule has 0 atom stereocenters. The van der Waals surface area contributed by atoms with E-state index in [0.29, 0.717) is 0 Å². The molecule has 2 aromatic carbocycles. The minimum atomic E-state index is 0.0277. The Morgan fingerprint density at radius 2 is 1.04 bits per heavy atom. The molecule has 0 radical (unpaired) electrons. The second-order valence-electron chi connectivity index (χ2n) is 8.81. The van der Waals surface area contributed by atoms with E-state index in [4.69, 9.17) is 12.8 Å². The van der Waals surface area contributed by atoms with E-state index in [-0.39, 0.29) is 10.8 Å². The van der Waals surface area contributed by atoms with Crippen LogP contribution >= 0.6 is 0 Å². The number of rotatable bonds is 0. The Hall–Kier alpha value is -2.64. The molecule has 0 spiro atoms. The molecule has 0 bridgehead atoms. The molecule has 0 unspecified atom stereocenters. The van der Waals surface area contributed by atoms with Gasteiger partial charge in [0.2, 0.25) is 0 Å². The molecule has 1 N–H and O–H groups in total. The number of hydrogen-bond acceptors (Lipinski definition) is 0. The Morgan fingerprint density at radius 1 is 0.680 bits per heavy atom. The lowest BCUT2D eigenvalue weighted by Gasteiger charge is -2.20. The molecule has 126 valence electrons. The van der Waals surface area contributed by atoms with Gasteiger partial charge in [-0.25, -0.2) is 0 Å². The van der Waals surface area contributed by atoms with Crippen molar-refractivity contribution in [1.82, 2.24) is 4.98 Å². The van der Waals surface area contributed by atoms with Crippen molar-refractivity contribution in [2.45, 2.75) is 52.4 Å². The van der Waals surface area contributed by atoms with Crippen LogP contribution in [0.1, 0.15) is 63.8 Å². The van der Waals surface area contributed by atoms with Gasteiger partial charge in [0.15, 0.2) is 0 Å². The highest BCUT2D eigenvalue weighted by Gasteiger charge is 2.21. The molecule has 1 nitrogen and oxygen atoms in total. The fraction of sp³-hybridized carbons (Fsp3) is 0.333. The third-order valence-electron chi connectivity index (χ3n) is 4.86. The summed E-state index contributed by atoms with van der Waals surface area (Å²) < 4.78 is 0. The van der Waals surface area contributed by atoms with E-state index in [9.17, 15) is 0 Å². The third kappa shape index (κ3) is 2.81. The molecule has 1 heteroatoms. The first-order chi connectivity index (χ1) is 11.6. The van der Waals surface area contributed by atoms with E-state index in [1.54, 1.807) is 0 Å².